The third-order valence-corrected chi connectivity index (χ3v) is 3.98. The molecule has 3 rings (SSSR count). The molecule has 138 valence electrons. The molecule has 1 N–H and O–H groups in total. The predicted octanol–water partition coefficient (Wildman–Crippen LogP) is 4.13. The van der Waals surface area contributed by atoms with Crippen LogP contribution < -0.4 is 10.1 Å². The van der Waals surface area contributed by atoms with E-state index in [1.54, 1.807) is 62.6 Å². The number of nitrogens with one attached hydrogen (secondary N) is 1. The summed E-state index contributed by atoms with van der Waals surface area (Å²) in [4.78, 5) is 25.3. The Bertz CT molecular complexity index is 933. The van der Waals surface area contributed by atoms with Gasteiger partial charge in [-0.3, -0.25) is 4.79 Å². The third kappa shape index (κ3) is 4.36. The summed E-state index contributed by atoms with van der Waals surface area (Å²) in [5.41, 5.74) is 1.38. The highest BCUT2D eigenvalue weighted by atomic mass is 16.5. The summed E-state index contributed by atoms with van der Waals surface area (Å²) in [6.07, 6.45) is 0.291. The lowest BCUT2D eigenvalue weighted by molar-refractivity contribution is -0.125. The second-order valence-corrected chi connectivity index (χ2v) is 5.81. The van der Waals surface area contributed by atoms with Gasteiger partial charge in [0.15, 0.2) is 0 Å². The number of hydrogen-bond donors (Lipinski definition) is 1. The predicted molar refractivity (Wildman–Crippen MR) is 99.7 cm³/mol. The lowest BCUT2D eigenvalue weighted by atomic mass is 10.1. The molecular weight excluding hydrogens is 346 g/mol. The van der Waals surface area contributed by atoms with Gasteiger partial charge < -0.3 is 19.2 Å². The van der Waals surface area contributed by atoms with E-state index in [-0.39, 0.29) is 5.56 Å². The number of amides is 1. The van der Waals surface area contributed by atoms with Crippen LogP contribution in [0.5, 0.6) is 5.75 Å². The molecule has 0 unspecified atom stereocenters. The maximum absolute atomic E-state index is 12.9. The minimum absolute atomic E-state index is 0.283. The molecule has 0 saturated heterocycles. The van der Waals surface area contributed by atoms with E-state index in [0.717, 1.165) is 0 Å². The number of hydrogen-bond acceptors (Lipinski definition) is 5. The summed E-state index contributed by atoms with van der Waals surface area (Å²) in [5.74, 6) is -0.0602. The zero-order chi connectivity index (χ0) is 19.2. The van der Waals surface area contributed by atoms with Crippen LogP contribution in [0.15, 0.2) is 71.3 Å². The Morgan fingerprint density at radius 2 is 1.81 bits per heavy atom. The van der Waals surface area contributed by atoms with Gasteiger partial charge >= 0.3 is 5.97 Å². The van der Waals surface area contributed by atoms with E-state index >= 15 is 0 Å². The maximum atomic E-state index is 12.9. The molecule has 1 atom stereocenters. The standard InChI is InChI=1S/C21H19NO5/c1-14-18(11-12-26-14)21(24)27-19(15-7-4-3-5-8-15)20(23)22-16-9-6-10-17(13-16)25-2/h3-13,19H,1-2H3,(H,22,23)/t19-/m0/s1. The maximum Gasteiger partial charge on any atom is 0.342 e. The Kier molecular flexibility index (Phi) is 5.56. The highest BCUT2D eigenvalue weighted by Crippen LogP contribution is 2.24. The first-order valence-electron chi connectivity index (χ1n) is 8.33. The summed E-state index contributed by atoms with van der Waals surface area (Å²) in [7, 11) is 1.54. The third-order valence-electron chi connectivity index (χ3n) is 3.98. The summed E-state index contributed by atoms with van der Waals surface area (Å²) >= 11 is 0. The molecule has 1 aromatic heterocycles. The minimum Gasteiger partial charge on any atom is -0.497 e. The van der Waals surface area contributed by atoms with Crippen LogP contribution in [0.25, 0.3) is 0 Å². The number of furan rings is 1. The van der Waals surface area contributed by atoms with Crippen LogP contribution in [0, 0.1) is 6.92 Å². The molecule has 0 saturated carbocycles. The van der Waals surface area contributed by atoms with Crippen molar-refractivity contribution in [3.8, 4) is 5.75 Å². The van der Waals surface area contributed by atoms with E-state index in [2.05, 4.69) is 5.32 Å². The van der Waals surface area contributed by atoms with Gasteiger partial charge in [-0.25, -0.2) is 4.79 Å². The van der Waals surface area contributed by atoms with Crippen molar-refractivity contribution >= 4 is 17.6 Å². The van der Waals surface area contributed by atoms with Gasteiger partial charge in [-0.05, 0) is 25.1 Å². The van der Waals surface area contributed by atoms with Crippen molar-refractivity contribution in [3.63, 3.8) is 0 Å². The molecule has 27 heavy (non-hydrogen) atoms. The number of methoxy groups -OCH3 is 1. The lowest BCUT2D eigenvalue weighted by Crippen LogP contribution is -2.26. The minimum atomic E-state index is -1.11. The van der Waals surface area contributed by atoms with E-state index in [4.69, 9.17) is 13.9 Å². The van der Waals surface area contributed by atoms with Gasteiger partial charge in [0.05, 0.1) is 13.4 Å². The zero-order valence-corrected chi connectivity index (χ0v) is 15.0. The Labute approximate surface area is 156 Å². The van der Waals surface area contributed by atoms with Gasteiger partial charge in [0.2, 0.25) is 6.10 Å². The van der Waals surface area contributed by atoms with Crippen molar-refractivity contribution in [2.24, 2.45) is 0 Å². The van der Waals surface area contributed by atoms with Crippen LogP contribution in [0.4, 0.5) is 5.69 Å². The van der Waals surface area contributed by atoms with Crippen molar-refractivity contribution in [2.75, 3.05) is 12.4 Å². The second kappa shape index (κ2) is 8.23. The summed E-state index contributed by atoms with van der Waals surface area (Å²) in [5, 5.41) is 2.76. The number of aryl methyl sites for hydroxylation is 1. The number of rotatable bonds is 6. The van der Waals surface area contributed by atoms with E-state index in [0.29, 0.717) is 22.8 Å². The summed E-state index contributed by atoms with van der Waals surface area (Å²) in [6, 6.07) is 17.3. The van der Waals surface area contributed by atoms with E-state index in [9.17, 15) is 9.59 Å². The molecule has 1 heterocycles. The molecule has 0 aliphatic rings. The van der Waals surface area contributed by atoms with Gasteiger partial charge in [-0.1, -0.05) is 36.4 Å². The van der Waals surface area contributed by atoms with Crippen LogP contribution in [-0.2, 0) is 9.53 Å². The molecule has 2 aromatic carbocycles. The van der Waals surface area contributed by atoms with Crippen molar-refractivity contribution in [2.45, 2.75) is 13.0 Å². The molecule has 0 spiro atoms. The average Bonchev–Trinajstić information content (AvgIpc) is 3.12. The summed E-state index contributed by atoms with van der Waals surface area (Å²) < 4.78 is 15.8. The van der Waals surface area contributed by atoms with Crippen LogP contribution >= 0.6 is 0 Å². The smallest absolute Gasteiger partial charge is 0.342 e. The topological polar surface area (TPSA) is 77.8 Å². The number of anilines is 1. The molecule has 0 fully saturated rings. The van der Waals surface area contributed by atoms with Crippen molar-refractivity contribution in [1.29, 1.82) is 0 Å². The van der Waals surface area contributed by atoms with E-state index in [1.165, 1.54) is 12.3 Å². The molecule has 0 aliphatic carbocycles. The molecule has 6 heteroatoms. The monoisotopic (exact) mass is 365 g/mol. The number of ether oxygens (including phenoxy) is 2. The van der Waals surface area contributed by atoms with Crippen LogP contribution in [0.3, 0.4) is 0 Å². The quantitative estimate of drug-likeness (QED) is 0.665. The number of carbonyl (C=O) groups is 2. The Morgan fingerprint density at radius 1 is 1.04 bits per heavy atom. The van der Waals surface area contributed by atoms with E-state index < -0.39 is 18.0 Å². The average molecular weight is 365 g/mol. The molecule has 0 radical (unpaired) electrons. The first-order valence-corrected chi connectivity index (χ1v) is 8.33. The van der Waals surface area contributed by atoms with Gasteiger partial charge in [-0.15, -0.1) is 0 Å². The van der Waals surface area contributed by atoms with Crippen LogP contribution in [0.2, 0.25) is 0 Å². The Balaban J connectivity index is 1.84. The van der Waals surface area contributed by atoms with Gasteiger partial charge in [0.1, 0.15) is 17.1 Å². The van der Waals surface area contributed by atoms with Gasteiger partial charge in [0, 0.05) is 17.3 Å². The lowest BCUT2D eigenvalue weighted by Gasteiger charge is -2.18. The Hall–Kier alpha value is -3.54. The molecular formula is C21H19NO5. The summed E-state index contributed by atoms with van der Waals surface area (Å²) in [6.45, 7) is 1.66. The molecule has 0 bridgehead atoms. The highest BCUT2D eigenvalue weighted by molar-refractivity contribution is 5.98. The van der Waals surface area contributed by atoms with Gasteiger partial charge in [-0.2, -0.15) is 0 Å². The molecule has 6 nitrogen and oxygen atoms in total. The van der Waals surface area contributed by atoms with E-state index in [1.807, 2.05) is 6.07 Å². The van der Waals surface area contributed by atoms with Crippen molar-refractivity contribution in [1.82, 2.24) is 0 Å². The van der Waals surface area contributed by atoms with Crippen LogP contribution in [-0.4, -0.2) is 19.0 Å². The van der Waals surface area contributed by atoms with Gasteiger partial charge in [0.25, 0.3) is 5.91 Å². The fourth-order valence-corrected chi connectivity index (χ4v) is 2.58. The molecule has 1 amide bonds. The first-order chi connectivity index (χ1) is 13.1. The zero-order valence-electron chi connectivity index (χ0n) is 15.0. The fraction of sp³-hybridized carbons (Fsp3) is 0.143. The molecule has 0 aliphatic heterocycles. The molecule has 3 aromatic rings. The SMILES string of the molecule is COc1cccc(NC(=O)[C@@H](OC(=O)c2ccoc2C)c2ccccc2)c1. The second-order valence-electron chi connectivity index (χ2n) is 5.81. The first kappa shape index (κ1) is 18.3. The van der Waals surface area contributed by atoms with Crippen LogP contribution in [0.1, 0.15) is 27.8 Å². The van der Waals surface area contributed by atoms with Crippen molar-refractivity contribution < 1.29 is 23.5 Å². The fourth-order valence-electron chi connectivity index (χ4n) is 2.58. The highest BCUT2D eigenvalue weighted by Gasteiger charge is 2.27. The normalized spacial score (nSPS) is 11.5. The van der Waals surface area contributed by atoms with Crippen molar-refractivity contribution in [3.05, 3.63) is 83.8 Å². The largest absolute Gasteiger partial charge is 0.497 e. The Morgan fingerprint density at radius 3 is 2.48 bits per heavy atom. The number of esters is 1. The number of benzene rings is 2. The number of carbonyl (C=O) groups excluding carboxylic acids is 2.